The average molecular weight is 271 g/mol. The molecule has 1 heterocycles. The number of unbranched alkanes of at least 4 members (excludes halogenated alkanes) is 1. The molecule has 1 N–H and O–H groups in total. The number of nitrogens with one attached hydrogen (secondary N) is 1. The van der Waals surface area contributed by atoms with Crippen molar-refractivity contribution in [3.8, 4) is 0 Å². The van der Waals surface area contributed by atoms with Crippen LogP contribution >= 0.6 is 0 Å². The fourth-order valence-electron chi connectivity index (χ4n) is 2.19. The highest BCUT2D eigenvalue weighted by molar-refractivity contribution is 5.74. The predicted molar refractivity (Wildman–Crippen MR) is 77.4 cm³/mol. The molecule has 1 aliphatic rings. The van der Waals surface area contributed by atoms with Gasteiger partial charge in [0, 0.05) is 32.3 Å². The fourth-order valence-corrected chi connectivity index (χ4v) is 2.19. The molecule has 1 saturated heterocycles. The van der Waals surface area contributed by atoms with Crippen molar-refractivity contribution in [1.29, 1.82) is 0 Å². The zero-order valence-corrected chi connectivity index (χ0v) is 12.7. The largest absolute Gasteiger partial charge is 0.380 e. The Morgan fingerprint density at radius 2 is 2.21 bits per heavy atom. The smallest absolute Gasteiger partial charge is 0.317 e. The minimum absolute atomic E-state index is 0.0434. The van der Waals surface area contributed by atoms with E-state index in [0.717, 1.165) is 26.1 Å². The number of likely N-dealkylation sites (N-methyl/N-ethyl adjacent to an activating group) is 1. The van der Waals surface area contributed by atoms with Crippen LogP contribution in [0.1, 0.15) is 33.1 Å². The second kappa shape index (κ2) is 9.15. The van der Waals surface area contributed by atoms with E-state index in [2.05, 4.69) is 31.1 Å². The quantitative estimate of drug-likeness (QED) is 0.797. The first kappa shape index (κ1) is 16.2. The van der Waals surface area contributed by atoms with E-state index < -0.39 is 0 Å². The Morgan fingerprint density at radius 1 is 1.42 bits per heavy atom. The first-order chi connectivity index (χ1) is 9.15. The maximum absolute atomic E-state index is 12.1. The van der Waals surface area contributed by atoms with E-state index in [1.165, 1.54) is 12.8 Å². The second-order valence-electron chi connectivity index (χ2n) is 5.33. The summed E-state index contributed by atoms with van der Waals surface area (Å²) < 4.78 is 5.40. The molecule has 19 heavy (non-hydrogen) atoms. The summed E-state index contributed by atoms with van der Waals surface area (Å²) in [4.78, 5) is 16.2. The lowest BCUT2D eigenvalue weighted by atomic mass is 10.2. The third-order valence-electron chi connectivity index (χ3n) is 3.61. The van der Waals surface area contributed by atoms with Gasteiger partial charge in [-0.05, 0) is 33.4 Å². The van der Waals surface area contributed by atoms with E-state index in [1.807, 2.05) is 4.90 Å². The Hall–Kier alpha value is -0.810. The first-order valence-electron chi connectivity index (χ1n) is 7.46. The summed E-state index contributed by atoms with van der Waals surface area (Å²) >= 11 is 0. The van der Waals surface area contributed by atoms with Crippen LogP contribution in [0, 0.1) is 0 Å². The standard InChI is InChI=1S/C14H29N3O2/c1-4-5-8-16(3)9-7-15-14(18)17-10-12-19-11-6-13(17)2/h13H,4-12H2,1-3H3,(H,15,18). The zero-order chi connectivity index (χ0) is 14.1. The van der Waals surface area contributed by atoms with E-state index in [-0.39, 0.29) is 12.1 Å². The number of urea groups is 1. The third-order valence-corrected chi connectivity index (χ3v) is 3.61. The Morgan fingerprint density at radius 3 is 2.95 bits per heavy atom. The minimum Gasteiger partial charge on any atom is -0.380 e. The number of hydrogen-bond donors (Lipinski definition) is 1. The number of rotatable bonds is 6. The molecule has 1 aliphatic heterocycles. The van der Waals surface area contributed by atoms with E-state index >= 15 is 0 Å². The monoisotopic (exact) mass is 271 g/mol. The van der Waals surface area contributed by atoms with Gasteiger partial charge in [0.2, 0.25) is 0 Å². The number of ether oxygens (including phenoxy) is 1. The van der Waals surface area contributed by atoms with Crippen LogP contribution in [-0.2, 0) is 4.74 Å². The Balaban J connectivity index is 2.22. The first-order valence-corrected chi connectivity index (χ1v) is 7.46. The molecule has 5 nitrogen and oxygen atoms in total. The molecule has 0 aromatic rings. The Labute approximate surface area is 117 Å². The summed E-state index contributed by atoms with van der Waals surface area (Å²) in [6.07, 6.45) is 3.34. The van der Waals surface area contributed by atoms with Gasteiger partial charge in [0.15, 0.2) is 0 Å². The van der Waals surface area contributed by atoms with Gasteiger partial charge in [0.25, 0.3) is 0 Å². The Bertz CT molecular complexity index is 261. The van der Waals surface area contributed by atoms with E-state index in [4.69, 9.17) is 4.74 Å². The van der Waals surface area contributed by atoms with Crippen LogP contribution in [0.4, 0.5) is 4.79 Å². The molecule has 1 atom stereocenters. The number of hydrogen-bond acceptors (Lipinski definition) is 3. The van der Waals surface area contributed by atoms with Gasteiger partial charge >= 0.3 is 6.03 Å². The molecule has 0 aromatic carbocycles. The van der Waals surface area contributed by atoms with E-state index in [9.17, 15) is 4.79 Å². The van der Waals surface area contributed by atoms with Crippen LogP contribution < -0.4 is 5.32 Å². The number of nitrogens with zero attached hydrogens (tertiary/aromatic N) is 2. The second-order valence-corrected chi connectivity index (χ2v) is 5.33. The highest BCUT2D eigenvalue weighted by Gasteiger charge is 2.21. The van der Waals surface area contributed by atoms with Crippen molar-refractivity contribution in [2.45, 2.75) is 39.2 Å². The van der Waals surface area contributed by atoms with Crippen LogP contribution in [-0.4, -0.2) is 68.3 Å². The van der Waals surface area contributed by atoms with Gasteiger partial charge in [-0.1, -0.05) is 13.3 Å². The molecule has 112 valence electrons. The number of amides is 2. The van der Waals surface area contributed by atoms with Gasteiger partial charge in [-0.25, -0.2) is 4.79 Å². The topological polar surface area (TPSA) is 44.8 Å². The van der Waals surface area contributed by atoms with Crippen molar-refractivity contribution < 1.29 is 9.53 Å². The van der Waals surface area contributed by atoms with Gasteiger partial charge in [-0.2, -0.15) is 0 Å². The molecular formula is C14H29N3O2. The van der Waals surface area contributed by atoms with E-state index in [1.54, 1.807) is 0 Å². The lowest BCUT2D eigenvalue weighted by Crippen LogP contribution is -2.47. The van der Waals surface area contributed by atoms with Gasteiger partial charge in [-0.15, -0.1) is 0 Å². The molecule has 0 radical (unpaired) electrons. The SMILES string of the molecule is CCCCN(C)CCNC(=O)N1CCOCCC1C. The van der Waals surface area contributed by atoms with Crippen LogP contribution in [0.5, 0.6) is 0 Å². The van der Waals surface area contributed by atoms with Crippen molar-refractivity contribution in [1.82, 2.24) is 15.1 Å². The van der Waals surface area contributed by atoms with Crippen molar-refractivity contribution in [3.05, 3.63) is 0 Å². The fraction of sp³-hybridized carbons (Fsp3) is 0.929. The molecule has 0 saturated carbocycles. The highest BCUT2D eigenvalue weighted by atomic mass is 16.5. The van der Waals surface area contributed by atoms with Crippen molar-refractivity contribution in [2.24, 2.45) is 0 Å². The normalized spacial score (nSPS) is 20.4. The third kappa shape index (κ3) is 6.25. The summed E-state index contributed by atoms with van der Waals surface area (Å²) in [5.74, 6) is 0. The molecular weight excluding hydrogens is 242 g/mol. The maximum Gasteiger partial charge on any atom is 0.317 e. The molecule has 2 amide bonds. The van der Waals surface area contributed by atoms with Crippen LogP contribution in [0.2, 0.25) is 0 Å². The molecule has 5 heteroatoms. The van der Waals surface area contributed by atoms with Crippen molar-refractivity contribution >= 4 is 6.03 Å². The highest BCUT2D eigenvalue weighted by Crippen LogP contribution is 2.08. The molecule has 0 bridgehead atoms. The zero-order valence-electron chi connectivity index (χ0n) is 12.7. The molecule has 0 aromatic heterocycles. The predicted octanol–water partition coefficient (Wildman–Crippen LogP) is 1.54. The minimum atomic E-state index is 0.0434. The van der Waals surface area contributed by atoms with E-state index in [0.29, 0.717) is 19.7 Å². The van der Waals surface area contributed by atoms with Crippen molar-refractivity contribution in [3.63, 3.8) is 0 Å². The number of carbonyl (C=O) groups is 1. The lowest BCUT2D eigenvalue weighted by molar-refractivity contribution is 0.141. The molecule has 0 spiro atoms. The Kier molecular flexibility index (Phi) is 7.82. The molecule has 0 aliphatic carbocycles. The molecule has 1 unspecified atom stereocenters. The van der Waals surface area contributed by atoms with Gasteiger partial charge in [-0.3, -0.25) is 0 Å². The summed E-state index contributed by atoms with van der Waals surface area (Å²) in [6, 6.07) is 0.308. The van der Waals surface area contributed by atoms with Gasteiger partial charge in [0.05, 0.1) is 6.61 Å². The van der Waals surface area contributed by atoms with Crippen LogP contribution in [0.25, 0.3) is 0 Å². The lowest BCUT2D eigenvalue weighted by Gasteiger charge is -2.27. The summed E-state index contributed by atoms with van der Waals surface area (Å²) in [5.41, 5.74) is 0. The van der Waals surface area contributed by atoms with Gasteiger partial charge < -0.3 is 19.9 Å². The van der Waals surface area contributed by atoms with Crippen LogP contribution in [0.15, 0.2) is 0 Å². The van der Waals surface area contributed by atoms with Crippen LogP contribution in [0.3, 0.4) is 0 Å². The molecule has 1 fully saturated rings. The van der Waals surface area contributed by atoms with Gasteiger partial charge in [0.1, 0.15) is 0 Å². The average Bonchev–Trinajstić information content (AvgIpc) is 2.61. The maximum atomic E-state index is 12.1. The van der Waals surface area contributed by atoms with Crippen molar-refractivity contribution in [2.75, 3.05) is 46.4 Å². The summed E-state index contributed by atoms with van der Waals surface area (Å²) in [7, 11) is 2.10. The number of carbonyl (C=O) groups excluding carboxylic acids is 1. The summed E-state index contributed by atoms with van der Waals surface area (Å²) in [6.45, 7) is 9.09. The molecule has 1 rings (SSSR count). The summed E-state index contributed by atoms with van der Waals surface area (Å²) in [5, 5.41) is 3.01.